The van der Waals surface area contributed by atoms with Gasteiger partial charge in [-0.05, 0) is 68.0 Å². The van der Waals surface area contributed by atoms with Crippen LogP contribution in [0.4, 0.5) is 15.9 Å². The van der Waals surface area contributed by atoms with E-state index < -0.39 is 7.05 Å². The molecule has 1 saturated heterocycles. The van der Waals surface area contributed by atoms with E-state index in [1.54, 1.807) is 19.1 Å². The van der Waals surface area contributed by atoms with Gasteiger partial charge in [-0.15, -0.1) is 0 Å². The molecule has 1 aromatic heterocycles. The summed E-state index contributed by atoms with van der Waals surface area (Å²) in [5, 5.41) is 14.6. The largest absolute Gasteiger partial charge is 0.437 e. The van der Waals surface area contributed by atoms with Gasteiger partial charge in [0.2, 0.25) is 0 Å². The SMILES string of the molecule is CB(O)NC[C@@H]1CCN(c2cc(-c3c(C)cccc3F)cc3cnc(N)cc23)C1. The van der Waals surface area contributed by atoms with Gasteiger partial charge in [0.15, 0.2) is 0 Å². The molecule has 4 N–H and O–H groups in total. The lowest BCUT2D eigenvalue weighted by Gasteiger charge is -2.23. The Balaban J connectivity index is 1.77. The number of anilines is 2. The number of halogens is 1. The van der Waals surface area contributed by atoms with Crippen molar-refractivity contribution < 1.29 is 9.41 Å². The van der Waals surface area contributed by atoms with Crippen molar-refractivity contribution in [2.75, 3.05) is 30.3 Å². The molecule has 0 radical (unpaired) electrons. The van der Waals surface area contributed by atoms with Crippen LogP contribution in [-0.2, 0) is 0 Å². The molecule has 3 aromatic rings. The third kappa shape index (κ3) is 4.06. The first-order valence-corrected chi connectivity index (χ1v) is 10.0. The van der Waals surface area contributed by atoms with E-state index in [1.165, 1.54) is 6.07 Å². The Hall–Kier alpha value is -2.64. The molecule has 29 heavy (non-hydrogen) atoms. The average molecular weight is 392 g/mol. The Kier molecular flexibility index (Phi) is 5.43. The second kappa shape index (κ2) is 8.01. The Morgan fingerprint density at radius 1 is 1.34 bits per heavy atom. The molecule has 0 aliphatic carbocycles. The van der Waals surface area contributed by atoms with E-state index in [1.807, 2.05) is 25.1 Å². The molecule has 1 atom stereocenters. The van der Waals surface area contributed by atoms with E-state index in [4.69, 9.17) is 5.73 Å². The number of aromatic nitrogens is 1. The lowest BCUT2D eigenvalue weighted by molar-refractivity contribution is 0.515. The Morgan fingerprint density at radius 2 is 2.17 bits per heavy atom. The smallest absolute Gasteiger partial charge is 0.373 e. The van der Waals surface area contributed by atoms with Crippen LogP contribution >= 0.6 is 0 Å². The van der Waals surface area contributed by atoms with Gasteiger partial charge in [0.1, 0.15) is 11.6 Å². The molecule has 0 saturated carbocycles. The van der Waals surface area contributed by atoms with Gasteiger partial charge in [0.05, 0.1) is 0 Å². The number of nitrogen functional groups attached to an aromatic ring is 1. The van der Waals surface area contributed by atoms with Crippen molar-refractivity contribution in [3.8, 4) is 11.1 Å². The van der Waals surface area contributed by atoms with Gasteiger partial charge in [-0.1, -0.05) is 12.1 Å². The molecule has 1 aliphatic rings. The molecule has 1 aliphatic heterocycles. The molecule has 5 nitrogen and oxygen atoms in total. The first-order valence-electron chi connectivity index (χ1n) is 10.0. The fourth-order valence-electron chi connectivity index (χ4n) is 4.21. The van der Waals surface area contributed by atoms with Crippen LogP contribution in [0.25, 0.3) is 21.9 Å². The number of fused-ring (bicyclic) bond motifs is 1. The van der Waals surface area contributed by atoms with Crippen molar-refractivity contribution in [3.05, 3.63) is 54.0 Å². The summed E-state index contributed by atoms with van der Waals surface area (Å²) in [5.41, 5.74) is 9.39. The highest BCUT2D eigenvalue weighted by molar-refractivity contribution is 6.45. The van der Waals surface area contributed by atoms with Crippen molar-refractivity contribution in [2.45, 2.75) is 20.2 Å². The number of nitrogens with two attached hydrogens (primary N) is 1. The van der Waals surface area contributed by atoms with Crippen LogP contribution in [0.1, 0.15) is 12.0 Å². The number of aryl methyl sites for hydroxylation is 1. The predicted molar refractivity (Wildman–Crippen MR) is 118 cm³/mol. The number of rotatable bonds is 5. The molecule has 2 heterocycles. The second-order valence-corrected chi connectivity index (χ2v) is 7.94. The first kappa shape index (κ1) is 19.7. The second-order valence-electron chi connectivity index (χ2n) is 7.94. The van der Waals surface area contributed by atoms with Gasteiger partial charge < -0.3 is 20.9 Å². The number of benzene rings is 2. The summed E-state index contributed by atoms with van der Waals surface area (Å²) in [6.07, 6.45) is 2.79. The number of hydrogen-bond donors (Lipinski definition) is 3. The standard InChI is InChI=1S/C22H26BFN4O/c1-14-4-3-5-19(24)22(14)16-8-17-12-26-21(25)10-18(17)20(9-16)28-7-6-15(13-28)11-27-23(2)29/h3-5,8-10,12,15,27,29H,6-7,11,13H2,1-2H3,(H2,25,26)/t15-/m0/s1. The third-order valence-electron chi connectivity index (χ3n) is 5.67. The molecule has 0 bridgehead atoms. The zero-order valence-electron chi connectivity index (χ0n) is 16.8. The fourth-order valence-corrected chi connectivity index (χ4v) is 4.21. The molecule has 0 unspecified atom stereocenters. The monoisotopic (exact) mass is 392 g/mol. The normalized spacial score (nSPS) is 16.6. The van der Waals surface area contributed by atoms with Crippen LogP contribution in [0.5, 0.6) is 0 Å². The number of nitrogens with zero attached hydrogens (tertiary/aromatic N) is 2. The van der Waals surface area contributed by atoms with E-state index in [2.05, 4.69) is 21.2 Å². The van der Waals surface area contributed by atoms with Crippen LogP contribution in [0.2, 0.25) is 6.82 Å². The Bertz CT molecular complexity index is 1020. The Morgan fingerprint density at radius 3 is 2.93 bits per heavy atom. The van der Waals surface area contributed by atoms with Gasteiger partial charge in [-0.25, -0.2) is 9.37 Å². The van der Waals surface area contributed by atoms with Gasteiger partial charge in [0.25, 0.3) is 0 Å². The highest BCUT2D eigenvalue weighted by atomic mass is 19.1. The Labute approximate surface area is 170 Å². The van der Waals surface area contributed by atoms with Crippen molar-refractivity contribution >= 4 is 29.3 Å². The zero-order valence-corrected chi connectivity index (χ0v) is 16.8. The van der Waals surface area contributed by atoms with Crippen molar-refractivity contribution in [3.63, 3.8) is 0 Å². The van der Waals surface area contributed by atoms with Crippen molar-refractivity contribution in [1.82, 2.24) is 10.2 Å². The fraction of sp³-hybridized carbons (Fsp3) is 0.318. The van der Waals surface area contributed by atoms with Crippen LogP contribution in [0.15, 0.2) is 42.6 Å². The van der Waals surface area contributed by atoms with E-state index in [9.17, 15) is 9.41 Å². The molecule has 7 heteroatoms. The van der Waals surface area contributed by atoms with E-state index in [0.29, 0.717) is 17.3 Å². The van der Waals surface area contributed by atoms with Gasteiger partial charge >= 0.3 is 7.05 Å². The van der Waals surface area contributed by atoms with Crippen molar-refractivity contribution in [2.24, 2.45) is 5.92 Å². The summed E-state index contributed by atoms with van der Waals surface area (Å²) in [7, 11) is -0.511. The maximum Gasteiger partial charge on any atom is 0.373 e. The average Bonchev–Trinajstić information content (AvgIpc) is 3.15. The molecular formula is C22H26BFN4O. The molecule has 0 spiro atoms. The summed E-state index contributed by atoms with van der Waals surface area (Å²) >= 11 is 0. The third-order valence-corrected chi connectivity index (χ3v) is 5.67. The van der Waals surface area contributed by atoms with Gasteiger partial charge in [0, 0.05) is 41.3 Å². The number of pyridine rings is 1. The summed E-state index contributed by atoms with van der Waals surface area (Å²) in [6.45, 7) is 6.20. The summed E-state index contributed by atoms with van der Waals surface area (Å²) < 4.78 is 14.7. The summed E-state index contributed by atoms with van der Waals surface area (Å²) in [4.78, 5) is 6.58. The minimum atomic E-state index is -0.511. The summed E-state index contributed by atoms with van der Waals surface area (Å²) in [6, 6.07) is 11.1. The van der Waals surface area contributed by atoms with Gasteiger partial charge in [-0.3, -0.25) is 0 Å². The molecule has 4 rings (SSSR count). The number of hydrogen-bond acceptors (Lipinski definition) is 5. The van der Waals surface area contributed by atoms with Crippen LogP contribution in [-0.4, -0.2) is 36.7 Å². The first-order chi connectivity index (χ1) is 13.9. The highest BCUT2D eigenvalue weighted by Crippen LogP contribution is 2.37. The minimum absolute atomic E-state index is 0.223. The maximum absolute atomic E-state index is 14.7. The molecule has 1 fully saturated rings. The number of nitrogens with one attached hydrogen (secondary N) is 1. The lowest BCUT2D eigenvalue weighted by atomic mass is 9.88. The van der Waals surface area contributed by atoms with E-state index in [0.717, 1.165) is 53.6 Å². The molecule has 150 valence electrons. The maximum atomic E-state index is 14.7. The van der Waals surface area contributed by atoms with Crippen LogP contribution in [0.3, 0.4) is 0 Å². The molecule has 2 aromatic carbocycles. The predicted octanol–water partition coefficient (Wildman–Crippen LogP) is 3.46. The molecular weight excluding hydrogens is 366 g/mol. The van der Waals surface area contributed by atoms with Gasteiger partial charge in [-0.2, -0.15) is 0 Å². The zero-order chi connectivity index (χ0) is 20.5. The molecule has 0 amide bonds. The highest BCUT2D eigenvalue weighted by Gasteiger charge is 2.25. The van der Waals surface area contributed by atoms with Crippen LogP contribution in [0, 0.1) is 18.7 Å². The quantitative estimate of drug-likeness (QED) is 0.580. The van der Waals surface area contributed by atoms with E-state index >= 15 is 0 Å². The van der Waals surface area contributed by atoms with Crippen LogP contribution < -0.4 is 15.9 Å². The topological polar surface area (TPSA) is 74.4 Å². The summed E-state index contributed by atoms with van der Waals surface area (Å²) in [5.74, 6) is 0.692. The minimum Gasteiger partial charge on any atom is -0.437 e. The van der Waals surface area contributed by atoms with E-state index in [-0.39, 0.29) is 5.82 Å². The lowest BCUT2D eigenvalue weighted by Crippen LogP contribution is -2.35. The van der Waals surface area contributed by atoms with Crippen molar-refractivity contribution in [1.29, 1.82) is 0 Å².